The molecule has 2 aliphatic heterocycles. The molecule has 2 rings (SSSR count). The second-order valence-corrected chi connectivity index (χ2v) is 7.11. The van der Waals surface area contributed by atoms with Gasteiger partial charge in [-0.25, -0.2) is 0 Å². The van der Waals surface area contributed by atoms with E-state index >= 15 is 0 Å². The molecule has 0 aromatic carbocycles. The lowest BCUT2D eigenvalue weighted by atomic mass is 9.77. The molecule has 2 heterocycles. The number of ether oxygens (including phenoxy) is 2. The van der Waals surface area contributed by atoms with Gasteiger partial charge in [-0.1, -0.05) is 45.4 Å². The van der Waals surface area contributed by atoms with Gasteiger partial charge in [-0.05, 0) is 6.42 Å². The molecule has 2 saturated heterocycles. The fourth-order valence-corrected chi connectivity index (χ4v) is 3.87. The molecule has 2 aliphatic rings. The van der Waals surface area contributed by atoms with Gasteiger partial charge >= 0.3 is 5.97 Å². The summed E-state index contributed by atoms with van der Waals surface area (Å²) in [6, 6.07) is 0. The topological polar surface area (TPSA) is 96.2 Å². The summed E-state index contributed by atoms with van der Waals surface area (Å²) in [7, 11) is 0. The molecule has 3 N–H and O–H groups in total. The molecule has 2 bridgehead atoms. The van der Waals surface area contributed by atoms with Gasteiger partial charge in [0, 0.05) is 24.9 Å². The Morgan fingerprint density at radius 1 is 0.958 bits per heavy atom. The van der Waals surface area contributed by atoms with Gasteiger partial charge in [-0.2, -0.15) is 0 Å². The number of esters is 1. The van der Waals surface area contributed by atoms with Gasteiger partial charge in [0.2, 0.25) is 0 Å². The molecule has 6 heteroatoms. The Labute approximate surface area is 144 Å². The second kappa shape index (κ2) is 9.70. The molecule has 0 aromatic heterocycles. The maximum atomic E-state index is 11.8. The third-order valence-electron chi connectivity index (χ3n) is 5.36. The molecule has 24 heavy (non-hydrogen) atoms. The first-order chi connectivity index (χ1) is 11.6. The number of rotatable bonds is 11. The van der Waals surface area contributed by atoms with E-state index in [-0.39, 0.29) is 31.0 Å². The largest absolute Gasteiger partial charge is 0.465 e. The fourth-order valence-electron chi connectivity index (χ4n) is 3.87. The van der Waals surface area contributed by atoms with E-state index < -0.39 is 24.4 Å². The Morgan fingerprint density at radius 2 is 1.54 bits per heavy atom. The minimum absolute atomic E-state index is 0.130. The number of hydrogen-bond donors (Lipinski definition) is 3. The molecule has 0 radical (unpaired) electrons. The van der Waals surface area contributed by atoms with Crippen LogP contribution in [0.5, 0.6) is 0 Å². The zero-order chi connectivity index (χ0) is 17.5. The van der Waals surface area contributed by atoms with E-state index in [9.17, 15) is 20.1 Å². The zero-order valence-corrected chi connectivity index (χ0v) is 14.6. The highest BCUT2D eigenvalue weighted by Gasteiger charge is 2.59. The molecule has 6 nitrogen and oxygen atoms in total. The summed E-state index contributed by atoms with van der Waals surface area (Å²) in [6.45, 7) is 2.18. The first-order valence-corrected chi connectivity index (χ1v) is 9.38. The Morgan fingerprint density at radius 3 is 2.17 bits per heavy atom. The predicted octanol–water partition coefficient (Wildman–Crippen LogP) is 1.40. The maximum Gasteiger partial charge on any atom is 0.305 e. The highest BCUT2D eigenvalue weighted by molar-refractivity contribution is 5.69. The minimum atomic E-state index is -0.968. The lowest BCUT2D eigenvalue weighted by Crippen LogP contribution is -2.49. The van der Waals surface area contributed by atoms with Crippen LogP contribution in [0.2, 0.25) is 0 Å². The molecule has 0 amide bonds. The van der Waals surface area contributed by atoms with E-state index in [4.69, 9.17) is 9.47 Å². The normalized spacial score (nSPS) is 34.7. The van der Waals surface area contributed by atoms with Crippen LogP contribution in [0.25, 0.3) is 0 Å². The smallest absolute Gasteiger partial charge is 0.305 e. The van der Waals surface area contributed by atoms with Crippen molar-refractivity contribution < 1.29 is 29.6 Å². The van der Waals surface area contributed by atoms with Gasteiger partial charge in [0.05, 0.1) is 18.8 Å². The standard InChI is InChI=1S/C18H32O6/c1-2-3-4-5-6-7-8-9-14(20)23-11-13-12(10-19)17-15(21)16(22)18(13)24-17/h12-13,15-19,21-22H,2-11H2,1H3/t12-,13+,15+,16-,17-,18+/m1/s1. The number of carbonyl (C=O) groups is 1. The van der Waals surface area contributed by atoms with Crippen LogP contribution in [-0.2, 0) is 14.3 Å². The molecule has 140 valence electrons. The van der Waals surface area contributed by atoms with E-state index in [1.54, 1.807) is 0 Å². The number of aliphatic hydroxyl groups is 3. The maximum absolute atomic E-state index is 11.8. The summed E-state index contributed by atoms with van der Waals surface area (Å²) >= 11 is 0. The third-order valence-corrected chi connectivity index (χ3v) is 5.36. The van der Waals surface area contributed by atoms with Gasteiger partial charge in [0.1, 0.15) is 12.2 Å². The first-order valence-electron chi connectivity index (χ1n) is 9.38. The van der Waals surface area contributed by atoms with Gasteiger partial charge < -0.3 is 24.8 Å². The van der Waals surface area contributed by atoms with Crippen molar-refractivity contribution in [3.05, 3.63) is 0 Å². The Bertz CT molecular complexity index is 386. The van der Waals surface area contributed by atoms with E-state index in [2.05, 4.69) is 6.92 Å². The Kier molecular flexibility index (Phi) is 7.94. The molecule has 0 saturated carbocycles. The fraction of sp³-hybridized carbons (Fsp3) is 0.944. The number of hydrogen-bond acceptors (Lipinski definition) is 6. The zero-order valence-electron chi connectivity index (χ0n) is 14.6. The summed E-state index contributed by atoms with van der Waals surface area (Å²) in [6.07, 6.45) is 5.38. The number of carbonyl (C=O) groups excluding carboxylic acids is 1. The number of aliphatic hydroxyl groups excluding tert-OH is 3. The van der Waals surface area contributed by atoms with E-state index in [1.807, 2.05) is 0 Å². The van der Waals surface area contributed by atoms with Crippen molar-refractivity contribution in [1.82, 2.24) is 0 Å². The summed E-state index contributed by atoms with van der Waals surface area (Å²) in [5, 5.41) is 29.2. The van der Waals surface area contributed by atoms with Crippen LogP contribution in [0.4, 0.5) is 0 Å². The Hall–Kier alpha value is -0.690. The first kappa shape index (κ1) is 19.6. The number of unbranched alkanes of at least 4 members (excludes halogenated alkanes) is 6. The van der Waals surface area contributed by atoms with Crippen LogP contribution in [0.1, 0.15) is 58.3 Å². The average molecular weight is 344 g/mol. The molecule has 6 atom stereocenters. The molecule has 0 spiro atoms. The van der Waals surface area contributed by atoms with Crippen molar-refractivity contribution in [2.24, 2.45) is 11.8 Å². The van der Waals surface area contributed by atoms with Crippen LogP contribution < -0.4 is 0 Å². The van der Waals surface area contributed by atoms with Gasteiger partial charge in [-0.15, -0.1) is 0 Å². The molecule has 2 fully saturated rings. The minimum Gasteiger partial charge on any atom is -0.465 e. The van der Waals surface area contributed by atoms with Crippen molar-refractivity contribution in [3.63, 3.8) is 0 Å². The highest BCUT2D eigenvalue weighted by Crippen LogP contribution is 2.43. The SMILES string of the molecule is CCCCCCCCCC(=O)OC[C@H]1[C@@H](CO)[C@H]2O[C@@H]1[C@H](O)[C@@H]2O. The van der Waals surface area contributed by atoms with Crippen molar-refractivity contribution in [3.8, 4) is 0 Å². The summed E-state index contributed by atoms with van der Waals surface area (Å²) < 4.78 is 10.9. The molecule has 0 unspecified atom stereocenters. The van der Waals surface area contributed by atoms with E-state index in [0.29, 0.717) is 6.42 Å². The predicted molar refractivity (Wildman–Crippen MR) is 88.3 cm³/mol. The van der Waals surface area contributed by atoms with Crippen LogP contribution >= 0.6 is 0 Å². The molecular formula is C18H32O6. The average Bonchev–Trinajstić information content (AvgIpc) is 3.08. The summed E-state index contributed by atoms with van der Waals surface area (Å²) in [4.78, 5) is 11.8. The monoisotopic (exact) mass is 344 g/mol. The van der Waals surface area contributed by atoms with Crippen LogP contribution in [-0.4, -0.2) is 58.9 Å². The summed E-state index contributed by atoms with van der Waals surface area (Å²) in [5.41, 5.74) is 0. The quantitative estimate of drug-likeness (QED) is 0.387. The van der Waals surface area contributed by atoms with Gasteiger partial charge in [0.15, 0.2) is 0 Å². The van der Waals surface area contributed by atoms with Crippen LogP contribution in [0.3, 0.4) is 0 Å². The third kappa shape index (κ3) is 4.69. The van der Waals surface area contributed by atoms with Crippen LogP contribution in [0, 0.1) is 11.8 Å². The van der Waals surface area contributed by atoms with Crippen molar-refractivity contribution >= 4 is 5.97 Å². The van der Waals surface area contributed by atoms with Gasteiger partial charge in [0.25, 0.3) is 0 Å². The van der Waals surface area contributed by atoms with Crippen molar-refractivity contribution in [2.75, 3.05) is 13.2 Å². The molecule has 0 aliphatic carbocycles. The second-order valence-electron chi connectivity index (χ2n) is 7.11. The van der Waals surface area contributed by atoms with E-state index in [1.165, 1.54) is 25.7 Å². The van der Waals surface area contributed by atoms with Crippen molar-refractivity contribution in [1.29, 1.82) is 0 Å². The molecule has 0 aromatic rings. The van der Waals surface area contributed by atoms with Gasteiger partial charge in [-0.3, -0.25) is 4.79 Å². The lowest BCUT2D eigenvalue weighted by molar-refractivity contribution is -0.147. The lowest BCUT2D eigenvalue weighted by Gasteiger charge is -2.32. The van der Waals surface area contributed by atoms with E-state index in [0.717, 1.165) is 19.3 Å². The van der Waals surface area contributed by atoms with Crippen molar-refractivity contribution in [2.45, 2.75) is 82.7 Å². The summed E-state index contributed by atoms with van der Waals surface area (Å²) in [5.74, 6) is -0.783. The molecular weight excluding hydrogens is 312 g/mol. The highest BCUT2D eigenvalue weighted by atomic mass is 16.6. The Balaban J connectivity index is 1.61. The number of fused-ring (bicyclic) bond motifs is 2. The van der Waals surface area contributed by atoms with Crippen LogP contribution in [0.15, 0.2) is 0 Å².